The van der Waals surface area contributed by atoms with Gasteiger partial charge in [-0.05, 0) is 56.4 Å². The number of aromatic nitrogens is 5. The molecule has 0 amide bonds. The number of aromatic amines is 1. The smallest absolute Gasteiger partial charge is 0.323 e. The van der Waals surface area contributed by atoms with Gasteiger partial charge in [0.2, 0.25) is 11.5 Å². The molecular formula is C26H25N6O2+. The third-order valence-electron chi connectivity index (χ3n) is 6.49. The van der Waals surface area contributed by atoms with E-state index in [-0.39, 0.29) is 5.56 Å². The number of H-pyrrole nitrogens is 1. The number of allylic oxidation sites excluding steroid dienone is 2. The molecule has 1 aliphatic carbocycles. The number of nitrogens with one attached hydrogen (secondary N) is 1. The summed E-state index contributed by atoms with van der Waals surface area (Å²) in [5.41, 5.74) is 4.48. The fraction of sp³-hybridized carbons (Fsp3) is 0.269. The first-order valence-corrected chi connectivity index (χ1v) is 11.7. The summed E-state index contributed by atoms with van der Waals surface area (Å²) in [6.45, 7) is 2.55. The van der Waals surface area contributed by atoms with Gasteiger partial charge in [0.1, 0.15) is 17.5 Å². The maximum Gasteiger partial charge on any atom is 0.323 e. The standard InChI is InChI=1S/C26H24N6O2/c1-17-28-24-22(26(33)31(17)14-13-18-8-3-2-4-9-18)23-25(30-21-12-6-5-11-20(21)29-23)32(24)27-16-19-10-7-15-34-19/h5-8,10-12,15-16H,2-4,9,13-14H2,1H3/p+1. The second kappa shape index (κ2) is 8.37. The van der Waals surface area contributed by atoms with E-state index in [2.05, 4.69) is 16.2 Å². The van der Waals surface area contributed by atoms with Gasteiger partial charge in [-0.15, -0.1) is 9.78 Å². The van der Waals surface area contributed by atoms with Crippen LogP contribution >= 0.6 is 0 Å². The van der Waals surface area contributed by atoms with Crippen LogP contribution in [-0.4, -0.2) is 25.4 Å². The zero-order valence-electron chi connectivity index (χ0n) is 19.0. The van der Waals surface area contributed by atoms with Crippen molar-refractivity contribution in [3.63, 3.8) is 0 Å². The molecule has 34 heavy (non-hydrogen) atoms. The third-order valence-corrected chi connectivity index (χ3v) is 6.49. The first kappa shape index (κ1) is 20.5. The topological polar surface area (TPSA) is 92.3 Å². The van der Waals surface area contributed by atoms with E-state index in [4.69, 9.17) is 14.4 Å². The Balaban J connectivity index is 1.57. The molecule has 170 valence electrons. The molecule has 0 fully saturated rings. The zero-order chi connectivity index (χ0) is 23.1. The fourth-order valence-corrected chi connectivity index (χ4v) is 4.72. The van der Waals surface area contributed by atoms with Crippen LogP contribution in [-0.2, 0) is 6.54 Å². The summed E-state index contributed by atoms with van der Waals surface area (Å²) in [4.78, 5) is 26.8. The van der Waals surface area contributed by atoms with Crippen molar-refractivity contribution in [2.24, 2.45) is 5.10 Å². The van der Waals surface area contributed by atoms with Crippen LogP contribution in [0.5, 0.6) is 0 Å². The van der Waals surface area contributed by atoms with Crippen LogP contribution in [0.4, 0.5) is 0 Å². The Morgan fingerprint density at radius 1 is 1.15 bits per heavy atom. The molecule has 0 saturated heterocycles. The van der Waals surface area contributed by atoms with E-state index in [0.29, 0.717) is 34.5 Å². The van der Waals surface area contributed by atoms with E-state index in [1.165, 1.54) is 18.4 Å². The molecule has 0 aliphatic heterocycles. The molecule has 0 spiro atoms. The van der Waals surface area contributed by atoms with Gasteiger partial charge in [0, 0.05) is 6.92 Å². The maximum absolute atomic E-state index is 13.8. The molecule has 0 radical (unpaired) electrons. The Labute approximate surface area is 195 Å². The van der Waals surface area contributed by atoms with Crippen molar-refractivity contribution in [2.45, 2.75) is 45.6 Å². The number of hydrogen-bond donors (Lipinski definition) is 0. The van der Waals surface area contributed by atoms with Crippen molar-refractivity contribution in [3.8, 4) is 0 Å². The normalized spacial score (nSPS) is 14.6. The van der Waals surface area contributed by atoms with E-state index < -0.39 is 0 Å². The van der Waals surface area contributed by atoms with Gasteiger partial charge < -0.3 is 4.42 Å². The van der Waals surface area contributed by atoms with Crippen LogP contribution in [0.3, 0.4) is 0 Å². The molecule has 1 N–H and O–H groups in total. The van der Waals surface area contributed by atoms with Crippen LogP contribution in [0.15, 0.2) is 68.6 Å². The Hall–Kier alpha value is -4.07. The van der Waals surface area contributed by atoms with Gasteiger partial charge in [0.05, 0.1) is 23.8 Å². The van der Waals surface area contributed by atoms with Gasteiger partial charge in [-0.1, -0.05) is 23.8 Å². The van der Waals surface area contributed by atoms with Gasteiger partial charge in [0.25, 0.3) is 5.65 Å². The van der Waals surface area contributed by atoms with Crippen molar-refractivity contribution in [1.82, 2.24) is 19.2 Å². The molecule has 4 aromatic heterocycles. The first-order chi connectivity index (χ1) is 16.7. The van der Waals surface area contributed by atoms with E-state index >= 15 is 0 Å². The lowest BCUT2D eigenvalue weighted by Gasteiger charge is -2.12. The third kappa shape index (κ3) is 3.51. The summed E-state index contributed by atoms with van der Waals surface area (Å²) in [5, 5.41) is 5.10. The molecule has 8 nitrogen and oxygen atoms in total. The molecule has 0 saturated carbocycles. The minimum atomic E-state index is -0.0795. The SMILES string of the molecule is Cc1[nH+]c2c(c(=O)n1CCC1=CCCCC1)c1nc3ccccc3nc1n2N=Cc1ccco1. The molecule has 5 aromatic rings. The Bertz CT molecular complexity index is 1640. The monoisotopic (exact) mass is 453 g/mol. The number of para-hydroxylation sites is 2. The van der Waals surface area contributed by atoms with Crippen LogP contribution in [0.25, 0.3) is 33.2 Å². The summed E-state index contributed by atoms with van der Waals surface area (Å²) < 4.78 is 8.86. The Morgan fingerprint density at radius 3 is 2.76 bits per heavy atom. The largest absolute Gasteiger partial charge is 0.463 e. The molecule has 8 heteroatoms. The number of fused-ring (bicyclic) bond motifs is 4. The molecule has 1 aromatic carbocycles. The Morgan fingerprint density at radius 2 is 2.00 bits per heavy atom. The second-order valence-electron chi connectivity index (χ2n) is 8.71. The second-order valence-corrected chi connectivity index (χ2v) is 8.71. The van der Waals surface area contributed by atoms with Crippen molar-refractivity contribution in [2.75, 3.05) is 0 Å². The van der Waals surface area contributed by atoms with E-state index in [9.17, 15) is 4.79 Å². The van der Waals surface area contributed by atoms with Gasteiger partial charge in [-0.25, -0.2) is 24.3 Å². The lowest BCUT2D eigenvalue weighted by Crippen LogP contribution is -2.31. The predicted octanol–water partition coefficient (Wildman–Crippen LogP) is 4.39. The molecule has 0 bridgehead atoms. The molecule has 0 unspecified atom stereocenters. The van der Waals surface area contributed by atoms with Gasteiger partial charge in [0.15, 0.2) is 5.39 Å². The molecule has 4 heterocycles. The van der Waals surface area contributed by atoms with Crippen LogP contribution in [0, 0.1) is 6.92 Å². The number of rotatable bonds is 5. The summed E-state index contributed by atoms with van der Waals surface area (Å²) in [5.74, 6) is 1.38. The summed E-state index contributed by atoms with van der Waals surface area (Å²) in [6, 6.07) is 11.3. The van der Waals surface area contributed by atoms with Crippen molar-refractivity contribution in [1.29, 1.82) is 0 Å². The van der Waals surface area contributed by atoms with Crippen molar-refractivity contribution < 1.29 is 9.40 Å². The highest BCUT2D eigenvalue weighted by atomic mass is 16.3. The molecule has 1 aliphatic rings. The number of hydrogen-bond acceptors (Lipinski definition) is 5. The highest BCUT2D eigenvalue weighted by molar-refractivity contribution is 6.03. The average Bonchev–Trinajstić information content (AvgIpc) is 3.47. The van der Waals surface area contributed by atoms with Crippen molar-refractivity contribution >= 4 is 39.4 Å². The number of furan rings is 1. The van der Waals surface area contributed by atoms with Crippen LogP contribution in [0.1, 0.15) is 43.7 Å². The highest BCUT2D eigenvalue weighted by Crippen LogP contribution is 2.25. The lowest BCUT2D eigenvalue weighted by atomic mass is 9.97. The van der Waals surface area contributed by atoms with E-state index in [1.807, 2.05) is 41.8 Å². The summed E-state index contributed by atoms with van der Waals surface area (Å²) in [7, 11) is 0. The van der Waals surface area contributed by atoms with Crippen molar-refractivity contribution in [3.05, 3.63) is 76.2 Å². The quantitative estimate of drug-likeness (QED) is 0.291. The molecular weight excluding hydrogens is 428 g/mol. The Kier molecular flexibility index (Phi) is 5.05. The van der Waals surface area contributed by atoms with Gasteiger partial charge >= 0.3 is 5.56 Å². The van der Waals surface area contributed by atoms with E-state index in [0.717, 1.165) is 36.1 Å². The number of nitrogens with zero attached hydrogens (tertiary/aromatic N) is 5. The fourth-order valence-electron chi connectivity index (χ4n) is 4.72. The minimum absolute atomic E-state index is 0.0795. The summed E-state index contributed by atoms with van der Waals surface area (Å²) >= 11 is 0. The van der Waals surface area contributed by atoms with Crippen LogP contribution < -0.4 is 10.5 Å². The lowest BCUT2D eigenvalue weighted by molar-refractivity contribution is -0.368. The summed E-state index contributed by atoms with van der Waals surface area (Å²) in [6.07, 6.45) is 11.2. The number of benzene rings is 1. The maximum atomic E-state index is 13.8. The average molecular weight is 454 g/mol. The first-order valence-electron chi connectivity index (χ1n) is 11.7. The number of aryl methyl sites for hydroxylation is 1. The minimum Gasteiger partial charge on any atom is -0.463 e. The molecule has 0 atom stereocenters. The van der Waals surface area contributed by atoms with Crippen LogP contribution in [0.2, 0.25) is 0 Å². The highest BCUT2D eigenvalue weighted by Gasteiger charge is 2.26. The van der Waals surface area contributed by atoms with Gasteiger partial charge in [-0.3, -0.25) is 0 Å². The molecule has 6 rings (SSSR count). The van der Waals surface area contributed by atoms with E-state index in [1.54, 1.807) is 23.2 Å². The van der Waals surface area contributed by atoms with Gasteiger partial charge in [-0.2, -0.15) is 0 Å². The zero-order valence-corrected chi connectivity index (χ0v) is 19.0. The predicted molar refractivity (Wildman–Crippen MR) is 131 cm³/mol.